The number of nitrogens with one attached hydrogen (secondary N) is 1. The Labute approximate surface area is 112 Å². The number of aryl methyl sites for hydroxylation is 1. The molecule has 5 nitrogen and oxygen atoms in total. The SMILES string of the molecule is CCOCc1nc(N)cc(Nc2ccc(C)cc2)n1. The number of rotatable bonds is 5. The molecule has 2 aromatic rings. The van der Waals surface area contributed by atoms with Crippen molar-refractivity contribution in [1.29, 1.82) is 0 Å². The highest BCUT2D eigenvalue weighted by atomic mass is 16.5. The van der Waals surface area contributed by atoms with E-state index in [2.05, 4.69) is 15.3 Å². The summed E-state index contributed by atoms with van der Waals surface area (Å²) < 4.78 is 5.29. The number of ether oxygens (including phenoxy) is 1. The lowest BCUT2D eigenvalue weighted by Crippen LogP contribution is -2.05. The fraction of sp³-hybridized carbons (Fsp3) is 0.286. The molecule has 2 rings (SSSR count). The summed E-state index contributed by atoms with van der Waals surface area (Å²) in [6.07, 6.45) is 0. The second-order valence-corrected chi connectivity index (χ2v) is 4.22. The van der Waals surface area contributed by atoms with Crippen LogP contribution in [0.15, 0.2) is 30.3 Å². The third-order valence-corrected chi connectivity index (χ3v) is 2.55. The molecule has 0 fully saturated rings. The Kier molecular flexibility index (Phi) is 4.30. The average Bonchev–Trinajstić information content (AvgIpc) is 2.38. The van der Waals surface area contributed by atoms with Gasteiger partial charge < -0.3 is 15.8 Å². The van der Waals surface area contributed by atoms with Crippen LogP contribution in [0.4, 0.5) is 17.3 Å². The predicted octanol–water partition coefficient (Wildman–Crippen LogP) is 2.65. The number of benzene rings is 1. The first kappa shape index (κ1) is 13.3. The minimum Gasteiger partial charge on any atom is -0.384 e. The molecule has 0 bridgehead atoms. The molecule has 1 aromatic carbocycles. The largest absolute Gasteiger partial charge is 0.384 e. The van der Waals surface area contributed by atoms with Gasteiger partial charge in [0.25, 0.3) is 0 Å². The number of aromatic nitrogens is 2. The van der Waals surface area contributed by atoms with Crippen LogP contribution in [0, 0.1) is 6.92 Å². The van der Waals surface area contributed by atoms with E-state index in [-0.39, 0.29) is 0 Å². The number of nitrogens with two attached hydrogens (primary N) is 1. The molecule has 0 radical (unpaired) electrons. The van der Waals surface area contributed by atoms with Crippen molar-refractivity contribution in [3.63, 3.8) is 0 Å². The van der Waals surface area contributed by atoms with E-state index in [9.17, 15) is 0 Å². The first-order chi connectivity index (χ1) is 9.17. The zero-order chi connectivity index (χ0) is 13.7. The lowest BCUT2D eigenvalue weighted by Gasteiger charge is -2.08. The zero-order valence-electron chi connectivity index (χ0n) is 11.2. The third-order valence-electron chi connectivity index (χ3n) is 2.55. The Morgan fingerprint density at radius 2 is 1.95 bits per heavy atom. The third kappa shape index (κ3) is 3.93. The fourth-order valence-electron chi connectivity index (χ4n) is 1.62. The number of nitrogen functional groups attached to an aromatic ring is 1. The molecule has 3 N–H and O–H groups in total. The molecule has 0 atom stereocenters. The quantitative estimate of drug-likeness (QED) is 0.862. The summed E-state index contributed by atoms with van der Waals surface area (Å²) >= 11 is 0. The van der Waals surface area contributed by atoms with Gasteiger partial charge in [0.05, 0.1) is 0 Å². The van der Waals surface area contributed by atoms with Gasteiger partial charge in [0.2, 0.25) is 0 Å². The van der Waals surface area contributed by atoms with Crippen molar-refractivity contribution in [2.24, 2.45) is 0 Å². The molecule has 0 saturated heterocycles. The van der Waals surface area contributed by atoms with Crippen molar-refractivity contribution in [2.75, 3.05) is 17.7 Å². The van der Waals surface area contributed by atoms with Gasteiger partial charge in [-0.1, -0.05) is 17.7 Å². The summed E-state index contributed by atoms with van der Waals surface area (Å²) in [5.74, 6) is 1.68. The van der Waals surface area contributed by atoms with Crippen LogP contribution < -0.4 is 11.1 Å². The maximum atomic E-state index is 5.76. The Morgan fingerprint density at radius 1 is 1.21 bits per heavy atom. The normalized spacial score (nSPS) is 10.4. The second-order valence-electron chi connectivity index (χ2n) is 4.22. The smallest absolute Gasteiger partial charge is 0.158 e. The molecule has 0 saturated carbocycles. The van der Waals surface area contributed by atoms with E-state index in [4.69, 9.17) is 10.5 Å². The molecule has 1 aromatic heterocycles. The highest BCUT2D eigenvalue weighted by Crippen LogP contribution is 2.17. The van der Waals surface area contributed by atoms with E-state index in [0.29, 0.717) is 30.7 Å². The van der Waals surface area contributed by atoms with Crippen LogP contribution in [0.5, 0.6) is 0 Å². The highest BCUT2D eigenvalue weighted by molar-refractivity contribution is 5.58. The van der Waals surface area contributed by atoms with Crippen LogP contribution in [-0.2, 0) is 11.3 Å². The van der Waals surface area contributed by atoms with Gasteiger partial charge in [0.15, 0.2) is 5.82 Å². The number of nitrogens with zero attached hydrogens (tertiary/aromatic N) is 2. The lowest BCUT2D eigenvalue weighted by atomic mass is 10.2. The molecule has 0 aliphatic rings. The summed E-state index contributed by atoms with van der Waals surface area (Å²) in [4.78, 5) is 8.49. The van der Waals surface area contributed by atoms with Crippen LogP contribution in [0.2, 0.25) is 0 Å². The average molecular weight is 258 g/mol. The van der Waals surface area contributed by atoms with Crippen molar-refractivity contribution >= 4 is 17.3 Å². The number of anilines is 3. The van der Waals surface area contributed by atoms with E-state index >= 15 is 0 Å². The molecule has 0 spiro atoms. The van der Waals surface area contributed by atoms with E-state index in [1.54, 1.807) is 6.07 Å². The first-order valence-electron chi connectivity index (χ1n) is 6.22. The molecular weight excluding hydrogens is 240 g/mol. The van der Waals surface area contributed by atoms with Crippen molar-refractivity contribution in [3.05, 3.63) is 41.7 Å². The molecule has 0 aliphatic carbocycles. The maximum absolute atomic E-state index is 5.76. The summed E-state index contributed by atoms with van der Waals surface area (Å²) in [6, 6.07) is 9.77. The molecule has 0 amide bonds. The Morgan fingerprint density at radius 3 is 2.63 bits per heavy atom. The van der Waals surface area contributed by atoms with Gasteiger partial charge in [-0.2, -0.15) is 0 Å². The van der Waals surface area contributed by atoms with E-state index < -0.39 is 0 Å². The van der Waals surface area contributed by atoms with E-state index in [1.165, 1.54) is 5.56 Å². The molecular formula is C14H18N4O. The van der Waals surface area contributed by atoms with E-state index in [1.807, 2.05) is 38.1 Å². The molecule has 19 heavy (non-hydrogen) atoms. The molecule has 100 valence electrons. The fourth-order valence-corrected chi connectivity index (χ4v) is 1.62. The Balaban J connectivity index is 2.15. The number of hydrogen-bond donors (Lipinski definition) is 2. The minimum absolute atomic E-state index is 0.365. The molecule has 0 aliphatic heterocycles. The summed E-state index contributed by atoms with van der Waals surface area (Å²) in [6.45, 7) is 4.97. The predicted molar refractivity (Wildman–Crippen MR) is 76.2 cm³/mol. The van der Waals surface area contributed by atoms with Gasteiger partial charge >= 0.3 is 0 Å². The van der Waals surface area contributed by atoms with Gasteiger partial charge in [-0.15, -0.1) is 0 Å². The number of hydrogen-bond acceptors (Lipinski definition) is 5. The molecule has 5 heteroatoms. The summed E-state index contributed by atoms with van der Waals surface area (Å²) in [5, 5.41) is 3.20. The topological polar surface area (TPSA) is 73.1 Å². The van der Waals surface area contributed by atoms with Crippen molar-refractivity contribution in [2.45, 2.75) is 20.5 Å². The highest BCUT2D eigenvalue weighted by Gasteiger charge is 2.03. The zero-order valence-corrected chi connectivity index (χ0v) is 11.2. The van der Waals surface area contributed by atoms with Crippen LogP contribution in [0.25, 0.3) is 0 Å². The Bertz CT molecular complexity index is 540. The van der Waals surface area contributed by atoms with Crippen molar-refractivity contribution in [1.82, 2.24) is 9.97 Å². The van der Waals surface area contributed by atoms with Gasteiger partial charge in [-0.25, -0.2) is 9.97 Å². The summed E-state index contributed by atoms with van der Waals surface area (Å²) in [5.41, 5.74) is 7.94. The molecule has 1 heterocycles. The molecule has 0 unspecified atom stereocenters. The standard InChI is InChI=1S/C14H18N4O/c1-3-19-9-14-17-12(15)8-13(18-14)16-11-6-4-10(2)5-7-11/h4-8H,3,9H2,1-2H3,(H3,15,16,17,18). The first-order valence-corrected chi connectivity index (χ1v) is 6.22. The van der Waals surface area contributed by atoms with Gasteiger partial charge in [0.1, 0.15) is 18.2 Å². The lowest BCUT2D eigenvalue weighted by molar-refractivity contribution is 0.128. The van der Waals surface area contributed by atoms with Crippen LogP contribution >= 0.6 is 0 Å². The monoisotopic (exact) mass is 258 g/mol. The van der Waals surface area contributed by atoms with Crippen LogP contribution in [-0.4, -0.2) is 16.6 Å². The van der Waals surface area contributed by atoms with Crippen molar-refractivity contribution < 1.29 is 4.74 Å². The summed E-state index contributed by atoms with van der Waals surface area (Å²) in [7, 11) is 0. The van der Waals surface area contributed by atoms with Gasteiger partial charge in [-0.05, 0) is 26.0 Å². The van der Waals surface area contributed by atoms with E-state index in [0.717, 1.165) is 5.69 Å². The Hall–Kier alpha value is -2.14. The second kappa shape index (κ2) is 6.15. The van der Waals surface area contributed by atoms with Crippen LogP contribution in [0.1, 0.15) is 18.3 Å². The van der Waals surface area contributed by atoms with Gasteiger partial charge in [0, 0.05) is 18.4 Å². The van der Waals surface area contributed by atoms with Crippen LogP contribution in [0.3, 0.4) is 0 Å². The maximum Gasteiger partial charge on any atom is 0.158 e. The van der Waals surface area contributed by atoms with Gasteiger partial charge in [-0.3, -0.25) is 0 Å². The minimum atomic E-state index is 0.365. The van der Waals surface area contributed by atoms with Crippen molar-refractivity contribution in [3.8, 4) is 0 Å².